The Hall–Kier alpha value is -2.41. The van der Waals surface area contributed by atoms with Gasteiger partial charge in [-0.25, -0.2) is 0 Å². The Kier molecular flexibility index (Phi) is 6.90. The number of carbonyl (C=O) groups excluding carboxylic acids is 3. The third-order valence-electron chi connectivity index (χ3n) is 6.14. The number of aliphatic carboxylic acids is 1. The number of rotatable bonds is 6. The van der Waals surface area contributed by atoms with Crippen molar-refractivity contribution in [1.82, 2.24) is 15.1 Å². The highest BCUT2D eigenvalue weighted by atomic mass is 16.4. The van der Waals surface area contributed by atoms with Crippen LogP contribution in [0.1, 0.15) is 47.2 Å². The first-order valence-corrected chi connectivity index (χ1v) is 10.4. The van der Waals surface area contributed by atoms with Gasteiger partial charge in [0.15, 0.2) is 0 Å². The van der Waals surface area contributed by atoms with Crippen molar-refractivity contribution < 1.29 is 19.5 Å². The number of nitrogens with zero attached hydrogens (tertiary/aromatic N) is 2. The van der Waals surface area contributed by atoms with Gasteiger partial charge in [0.2, 0.25) is 5.91 Å². The third-order valence-corrected chi connectivity index (χ3v) is 6.14. The fourth-order valence-corrected chi connectivity index (χ4v) is 4.33. The summed E-state index contributed by atoms with van der Waals surface area (Å²) in [6.07, 6.45) is 3.32. The van der Waals surface area contributed by atoms with Crippen molar-refractivity contribution in [3.63, 3.8) is 0 Å². The number of nitrogens with one attached hydrogen (secondary N) is 1. The lowest BCUT2D eigenvalue weighted by atomic mass is 9.92. The Morgan fingerprint density at radius 1 is 1.24 bits per heavy atom. The fourth-order valence-electron chi connectivity index (χ4n) is 4.33. The highest BCUT2D eigenvalue weighted by molar-refractivity contribution is 5.94. The van der Waals surface area contributed by atoms with E-state index in [1.54, 1.807) is 22.9 Å². The second kappa shape index (κ2) is 9.39. The van der Waals surface area contributed by atoms with E-state index in [9.17, 15) is 19.5 Å². The second-order valence-electron chi connectivity index (χ2n) is 8.36. The average Bonchev–Trinajstić information content (AvgIpc) is 2.82. The quantitative estimate of drug-likeness (QED) is 0.747. The van der Waals surface area contributed by atoms with Gasteiger partial charge in [0.25, 0.3) is 5.91 Å². The second-order valence-corrected chi connectivity index (χ2v) is 8.36. The number of carboxylic acid groups (broad SMARTS) is 1. The third kappa shape index (κ3) is 5.35. The number of hydrogen-bond donors (Lipinski definition) is 1. The van der Waals surface area contributed by atoms with Gasteiger partial charge in [-0.2, -0.15) is 0 Å². The van der Waals surface area contributed by atoms with Crippen LogP contribution in [0.5, 0.6) is 0 Å². The van der Waals surface area contributed by atoms with E-state index in [0.717, 1.165) is 50.0 Å². The van der Waals surface area contributed by atoms with Crippen LogP contribution in [0.2, 0.25) is 0 Å². The molecule has 1 fully saturated rings. The van der Waals surface area contributed by atoms with E-state index in [4.69, 9.17) is 0 Å². The summed E-state index contributed by atoms with van der Waals surface area (Å²) in [5, 5.41) is 14.4. The molecule has 3 rings (SSSR count). The lowest BCUT2D eigenvalue weighted by molar-refractivity contribution is -0.306. The Labute approximate surface area is 172 Å². The summed E-state index contributed by atoms with van der Waals surface area (Å²) in [6.45, 7) is 3.23. The first kappa shape index (κ1) is 21.3. The van der Waals surface area contributed by atoms with Crippen molar-refractivity contribution >= 4 is 17.8 Å². The molecule has 0 aliphatic carbocycles. The van der Waals surface area contributed by atoms with Crippen LogP contribution in [-0.2, 0) is 22.6 Å². The topological polar surface area (TPSA) is 92.8 Å². The van der Waals surface area contributed by atoms with E-state index in [1.807, 2.05) is 19.2 Å². The number of fused-ring (bicyclic) bond motifs is 1. The molecule has 29 heavy (non-hydrogen) atoms. The molecular formula is C22H30N3O4-. The van der Waals surface area contributed by atoms with Gasteiger partial charge in [-0.05, 0) is 74.4 Å². The molecule has 0 spiro atoms. The maximum atomic E-state index is 12.9. The molecule has 0 radical (unpaired) electrons. The van der Waals surface area contributed by atoms with E-state index in [2.05, 4.69) is 5.32 Å². The largest absolute Gasteiger partial charge is 0.550 e. The number of carboxylic acids is 1. The number of benzene rings is 1. The maximum Gasteiger partial charge on any atom is 0.253 e. The smallest absolute Gasteiger partial charge is 0.253 e. The van der Waals surface area contributed by atoms with Crippen molar-refractivity contribution in [2.24, 2.45) is 11.8 Å². The van der Waals surface area contributed by atoms with E-state index < -0.39 is 11.9 Å². The molecular weight excluding hydrogens is 370 g/mol. The number of carbonyl (C=O) groups is 3. The first-order chi connectivity index (χ1) is 13.8. The molecule has 1 aromatic carbocycles. The van der Waals surface area contributed by atoms with Crippen molar-refractivity contribution in [3.05, 3.63) is 34.9 Å². The fraction of sp³-hybridized carbons (Fsp3) is 0.591. The van der Waals surface area contributed by atoms with E-state index in [1.165, 1.54) is 0 Å². The van der Waals surface area contributed by atoms with Crippen LogP contribution >= 0.6 is 0 Å². The van der Waals surface area contributed by atoms with Gasteiger partial charge in [0.1, 0.15) is 0 Å². The Morgan fingerprint density at radius 2 is 1.97 bits per heavy atom. The Balaban J connectivity index is 1.70. The van der Waals surface area contributed by atoms with Gasteiger partial charge in [-0.1, -0.05) is 6.07 Å². The molecule has 1 saturated heterocycles. The number of amides is 2. The van der Waals surface area contributed by atoms with Crippen LogP contribution in [0.25, 0.3) is 0 Å². The molecule has 2 amide bonds. The summed E-state index contributed by atoms with van der Waals surface area (Å²) in [5.41, 5.74) is 2.41. The minimum absolute atomic E-state index is 0.0397. The molecule has 2 aliphatic heterocycles. The molecule has 0 aromatic heterocycles. The molecule has 1 N–H and O–H groups in total. The molecule has 7 nitrogen and oxygen atoms in total. The summed E-state index contributed by atoms with van der Waals surface area (Å²) in [7, 11) is 3.50. The minimum atomic E-state index is -1.23. The van der Waals surface area contributed by atoms with Gasteiger partial charge >= 0.3 is 0 Å². The summed E-state index contributed by atoms with van der Waals surface area (Å²) >= 11 is 0. The SMILES string of the molecule is CN(CCC1CCNCC1)C(=O)c1ccc2c(c1)CC(CC(=O)[O-])C(=O)N(C)C2. The van der Waals surface area contributed by atoms with Crippen molar-refractivity contribution in [2.45, 2.75) is 38.6 Å². The zero-order valence-corrected chi connectivity index (χ0v) is 17.3. The number of piperidine rings is 1. The predicted molar refractivity (Wildman–Crippen MR) is 107 cm³/mol. The summed E-state index contributed by atoms with van der Waals surface area (Å²) in [4.78, 5) is 39.7. The van der Waals surface area contributed by atoms with Crippen LogP contribution in [0.3, 0.4) is 0 Å². The van der Waals surface area contributed by atoms with Crippen LogP contribution in [0.15, 0.2) is 18.2 Å². The van der Waals surface area contributed by atoms with Gasteiger partial charge in [0, 0.05) is 44.6 Å². The average molecular weight is 400 g/mol. The van der Waals surface area contributed by atoms with Gasteiger partial charge in [-0.3, -0.25) is 9.59 Å². The van der Waals surface area contributed by atoms with Gasteiger partial charge in [-0.15, -0.1) is 0 Å². The van der Waals surface area contributed by atoms with Crippen LogP contribution in [-0.4, -0.2) is 61.3 Å². The highest BCUT2D eigenvalue weighted by Gasteiger charge is 2.28. The summed E-state index contributed by atoms with van der Waals surface area (Å²) < 4.78 is 0. The molecule has 2 aliphatic rings. The van der Waals surface area contributed by atoms with Crippen molar-refractivity contribution in [3.8, 4) is 0 Å². The Morgan fingerprint density at radius 3 is 2.66 bits per heavy atom. The van der Waals surface area contributed by atoms with Crippen LogP contribution in [0.4, 0.5) is 0 Å². The predicted octanol–water partition coefficient (Wildman–Crippen LogP) is 0.419. The normalized spacial score (nSPS) is 20.1. The van der Waals surface area contributed by atoms with Gasteiger partial charge in [0.05, 0.1) is 0 Å². The minimum Gasteiger partial charge on any atom is -0.550 e. The monoisotopic (exact) mass is 400 g/mol. The van der Waals surface area contributed by atoms with E-state index >= 15 is 0 Å². The molecule has 0 bridgehead atoms. The standard InChI is InChI=1S/C22H31N3O4/c1-24(10-7-15-5-8-23-9-6-15)21(28)16-3-4-17-14-25(2)22(29)19(13-20(26)27)12-18(17)11-16/h3-4,11,15,19,23H,5-10,12-14H2,1-2H3,(H,26,27)/p-1. The highest BCUT2D eigenvalue weighted by Crippen LogP contribution is 2.26. The lowest BCUT2D eigenvalue weighted by Gasteiger charge is -2.25. The molecule has 1 unspecified atom stereocenters. The van der Waals surface area contributed by atoms with Gasteiger partial charge < -0.3 is 25.0 Å². The first-order valence-electron chi connectivity index (χ1n) is 10.4. The maximum absolute atomic E-state index is 12.9. The van der Waals surface area contributed by atoms with Crippen LogP contribution < -0.4 is 10.4 Å². The van der Waals surface area contributed by atoms with E-state index in [-0.39, 0.29) is 18.2 Å². The zero-order chi connectivity index (χ0) is 21.0. The zero-order valence-electron chi connectivity index (χ0n) is 17.3. The van der Waals surface area contributed by atoms with Crippen LogP contribution in [0, 0.1) is 11.8 Å². The molecule has 1 aromatic rings. The molecule has 1 atom stereocenters. The number of hydrogen-bond acceptors (Lipinski definition) is 5. The lowest BCUT2D eigenvalue weighted by Crippen LogP contribution is -2.35. The van der Waals surface area contributed by atoms with Crippen molar-refractivity contribution in [2.75, 3.05) is 33.7 Å². The van der Waals surface area contributed by atoms with E-state index in [0.29, 0.717) is 24.4 Å². The molecule has 2 heterocycles. The Bertz CT molecular complexity index is 773. The summed E-state index contributed by atoms with van der Waals surface area (Å²) in [5.74, 6) is -1.47. The molecule has 7 heteroatoms. The summed E-state index contributed by atoms with van der Waals surface area (Å²) in [6, 6.07) is 5.52. The molecule has 158 valence electrons. The molecule has 0 saturated carbocycles. The van der Waals surface area contributed by atoms with Crippen molar-refractivity contribution in [1.29, 1.82) is 0 Å².